The van der Waals surface area contributed by atoms with E-state index in [0.29, 0.717) is 6.54 Å². The van der Waals surface area contributed by atoms with E-state index in [1.807, 2.05) is 0 Å². The molecule has 3 aliphatic rings. The Balaban J connectivity index is 1.79. The molecule has 1 aliphatic carbocycles. The normalized spacial score (nSPS) is 32.5. The number of rotatable bonds is 2. The van der Waals surface area contributed by atoms with Crippen molar-refractivity contribution in [1.82, 2.24) is 9.80 Å². The topological polar surface area (TPSA) is 40.6 Å². The third kappa shape index (κ3) is 1.40. The summed E-state index contributed by atoms with van der Waals surface area (Å²) in [4.78, 5) is 27.0. The molecule has 2 saturated heterocycles. The second-order valence-electron chi connectivity index (χ2n) is 4.71. The predicted molar refractivity (Wildman–Crippen MR) is 57.7 cm³/mol. The van der Waals surface area contributed by atoms with Crippen molar-refractivity contribution < 1.29 is 9.59 Å². The van der Waals surface area contributed by atoms with E-state index in [1.54, 1.807) is 4.90 Å². The quantitative estimate of drug-likeness (QED) is 0.562. The number of hydrogen-bond donors (Lipinski definition) is 0. The van der Waals surface area contributed by atoms with Gasteiger partial charge in [-0.25, -0.2) is 4.79 Å². The number of alkyl halides is 1. The molecule has 0 radical (unpaired) electrons. The summed E-state index contributed by atoms with van der Waals surface area (Å²) in [5.41, 5.74) is 0. The molecular formula is C10H13BrN2O2. The van der Waals surface area contributed by atoms with E-state index in [0.717, 1.165) is 32.2 Å². The number of urea groups is 1. The van der Waals surface area contributed by atoms with E-state index in [4.69, 9.17) is 0 Å². The fraction of sp³-hybridized carbons (Fsp3) is 0.800. The lowest BCUT2D eigenvalue weighted by Crippen LogP contribution is -2.38. The van der Waals surface area contributed by atoms with Gasteiger partial charge in [0, 0.05) is 17.4 Å². The van der Waals surface area contributed by atoms with Crippen molar-refractivity contribution in [3.05, 3.63) is 0 Å². The van der Waals surface area contributed by atoms with Crippen LogP contribution in [0.25, 0.3) is 0 Å². The van der Waals surface area contributed by atoms with Gasteiger partial charge in [0.1, 0.15) is 6.04 Å². The first-order valence-electron chi connectivity index (χ1n) is 5.42. The minimum atomic E-state index is -0.146. The monoisotopic (exact) mass is 272 g/mol. The van der Waals surface area contributed by atoms with Gasteiger partial charge in [-0.05, 0) is 25.7 Å². The Morgan fingerprint density at radius 2 is 2.13 bits per heavy atom. The second kappa shape index (κ2) is 2.97. The number of amides is 3. The molecule has 2 heterocycles. The number of carbonyl (C=O) groups excluding carboxylic acids is 2. The van der Waals surface area contributed by atoms with Crippen LogP contribution in [0.2, 0.25) is 0 Å². The minimum Gasteiger partial charge on any atom is -0.312 e. The third-order valence-corrected chi connectivity index (χ3v) is 4.56. The van der Waals surface area contributed by atoms with E-state index in [1.165, 1.54) is 4.90 Å². The van der Waals surface area contributed by atoms with Crippen LogP contribution in [-0.4, -0.2) is 45.2 Å². The average Bonchev–Trinajstić information content (AvgIpc) is 2.70. The van der Waals surface area contributed by atoms with Gasteiger partial charge in [-0.1, -0.05) is 15.9 Å². The third-order valence-electron chi connectivity index (χ3n) is 3.51. The maximum absolute atomic E-state index is 11.9. The van der Waals surface area contributed by atoms with Crippen LogP contribution < -0.4 is 0 Å². The van der Waals surface area contributed by atoms with Crippen molar-refractivity contribution >= 4 is 27.9 Å². The molecule has 4 nitrogen and oxygen atoms in total. The SMILES string of the molecule is O=C1[C@@H]2CCCN2C(=O)N1CC1(Br)CC1. The van der Waals surface area contributed by atoms with Gasteiger partial charge in [0.25, 0.3) is 5.91 Å². The smallest absolute Gasteiger partial charge is 0.312 e. The molecule has 3 fully saturated rings. The molecule has 5 heteroatoms. The van der Waals surface area contributed by atoms with Gasteiger partial charge in [-0.15, -0.1) is 0 Å². The van der Waals surface area contributed by atoms with Gasteiger partial charge in [0.05, 0.1) is 0 Å². The highest BCUT2D eigenvalue weighted by Crippen LogP contribution is 2.46. The maximum atomic E-state index is 11.9. The van der Waals surface area contributed by atoms with Gasteiger partial charge < -0.3 is 4.90 Å². The molecule has 0 unspecified atom stereocenters. The van der Waals surface area contributed by atoms with Gasteiger partial charge in [0.2, 0.25) is 0 Å². The van der Waals surface area contributed by atoms with Crippen LogP contribution >= 0.6 is 15.9 Å². The summed E-state index contributed by atoms with van der Waals surface area (Å²) in [5, 5.41) is 0. The largest absolute Gasteiger partial charge is 0.327 e. The summed E-state index contributed by atoms with van der Waals surface area (Å²) in [5.74, 6) is 0.0169. The molecular weight excluding hydrogens is 260 g/mol. The molecule has 0 N–H and O–H groups in total. The highest BCUT2D eigenvalue weighted by Gasteiger charge is 2.52. The molecule has 1 saturated carbocycles. The fourth-order valence-electron chi connectivity index (χ4n) is 2.40. The standard InChI is InChI=1S/C10H13BrN2O2/c11-10(3-4-10)6-13-8(14)7-2-1-5-12(7)9(13)15/h7H,1-6H2/t7-/m0/s1. The lowest BCUT2D eigenvalue weighted by molar-refractivity contribution is -0.128. The summed E-state index contributed by atoms with van der Waals surface area (Å²) in [6.45, 7) is 1.30. The van der Waals surface area contributed by atoms with Gasteiger partial charge in [0.15, 0.2) is 0 Å². The molecule has 1 atom stereocenters. The fourth-order valence-corrected chi connectivity index (χ4v) is 2.85. The Kier molecular flexibility index (Phi) is 1.90. The highest BCUT2D eigenvalue weighted by atomic mass is 79.9. The zero-order chi connectivity index (χ0) is 10.6. The van der Waals surface area contributed by atoms with Crippen molar-refractivity contribution in [3.63, 3.8) is 0 Å². The number of carbonyl (C=O) groups is 2. The van der Waals surface area contributed by atoms with Crippen LogP contribution in [0, 0.1) is 0 Å². The minimum absolute atomic E-state index is 0.0169. The number of nitrogens with zero attached hydrogens (tertiary/aromatic N) is 2. The Morgan fingerprint density at radius 1 is 1.40 bits per heavy atom. The molecule has 0 aromatic rings. The molecule has 2 aliphatic heterocycles. The highest BCUT2D eigenvalue weighted by molar-refractivity contribution is 9.10. The molecule has 3 rings (SSSR count). The van der Waals surface area contributed by atoms with Crippen LogP contribution in [-0.2, 0) is 4.79 Å². The van der Waals surface area contributed by atoms with Crippen molar-refractivity contribution in [3.8, 4) is 0 Å². The number of halogens is 1. The number of imide groups is 1. The van der Waals surface area contributed by atoms with E-state index >= 15 is 0 Å². The van der Waals surface area contributed by atoms with Crippen LogP contribution in [0.15, 0.2) is 0 Å². The molecule has 82 valence electrons. The van der Waals surface area contributed by atoms with Crippen molar-refractivity contribution in [2.45, 2.75) is 36.0 Å². The first-order valence-corrected chi connectivity index (χ1v) is 6.21. The first-order chi connectivity index (χ1) is 7.11. The summed E-state index contributed by atoms with van der Waals surface area (Å²) in [7, 11) is 0. The Labute approximate surface area is 96.7 Å². The van der Waals surface area contributed by atoms with Gasteiger partial charge >= 0.3 is 6.03 Å². The van der Waals surface area contributed by atoms with Crippen LogP contribution in [0.1, 0.15) is 25.7 Å². The first kappa shape index (κ1) is 9.63. The molecule has 0 aromatic heterocycles. The van der Waals surface area contributed by atoms with Crippen molar-refractivity contribution in [2.24, 2.45) is 0 Å². The van der Waals surface area contributed by atoms with Crippen molar-refractivity contribution in [2.75, 3.05) is 13.1 Å². The van der Waals surface area contributed by atoms with E-state index in [9.17, 15) is 9.59 Å². The van der Waals surface area contributed by atoms with Crippen molar-refractivity contribution in [1.29, 1.82) is 0 Å². The average molecular weight is 273 g/mol. The lowest BCUT2D eigenvalue weighted by atomic mass is 10.2. The van der Waals surface area contributed by atoms with Crippen LogP contribution in [0.5, 0.6) is 0 Å². The summed E-state index contributed by atoms with van der Waals surface area (Å²) >= 11 is 3.57. The summed E-state index contributed by atoms with van der Waals surface area (Å²) in [6.07, 6.45) is 3.94. The van der Waals surface area contributed by atoms with E-state index in [-0.39, 0.29) is 22.3 Å². The number of fused-ring (bicyclic) bond motifs is 1. The Hall–Kier alpha value is -0.580. The predicted octanol–water partition coefficient (Wildman–Crippen LogP) is 1.34. The summed E-state index contributed by atoms with van der Waals surface area (Å²) < 4.78 is 0.0398. The van der Waals surface area contributed by atoms with Gasteiger partial charge in [-0.3, -0.25) is 9.69 Å². The molecule has 15 heavy (non-hydrogen) atoms. The molecule has 0 aromatic carbocycles. The summed E-state index contributed by atoms with van der Waals surface area (Å²) in [6, 6.07) is -0.222. The zero-order valence-electron chi connectivity index (χ0n) is 8.41. The molecule has 0 spiro atoms. The second-order valence-corrected chi connectivity index (χ2v) is 6.39. The maximum Gasteiger partial charge on any atom is 0.327 e. The van der Waals surface area contributed by atoms with E-state index < -0.39 is 0 Å². The van der Waals surface area contributed by atoms with E-state index in [2.05, 4.69) is 15.9 Å². The number of hydrogen-bond acceptors (Lipinski definition) is 2. The lowest BCUT2D eigenvalue weighted by Gasteiger charge is -2.18. The van der Waals surface area contributed by atoms with Gasteiger partial charge in [-0.2, -0.15) is 0 Å². The molecule has 3 amide bonds. The Morgan fingerprint density at radius 3 is 2.73 bits per heavy atom. The van der Waals surface area contributed by atoms with Crippen LogP contribution in [0.3, 0.4) is 0 Å². The van der Waals surface area contributed by atoms with Crippen LogP contribution in [0.4, 0.5) is 4.79 Å². The Bertz CT molecular complexity index is 318. The zero-order valence-corrected chi connectivity index (χ0v) is 9.99. The molecule has 0 bridgehead atoms.